The van der Waals surface area contributed by atoms with Gasteiger partial charge in [-0.25, -0.2) is 28.1 Å². The number of ether oxygens (including phenoxy) is 1. The largest absolute Gasteiger partial charge is 0.398 e. The minimum atomic E-state index is -3.90. The number of rotatable bonds is 6. The summed E-state index contributed by atoms with van der Waals surface area (Å²) in [7, 11) is -3.90. The minimum absolute atomic E-state index is 0.114. The van der Waals surface area contributed by atoms with Gasteiger partial charge in [-0.1, -0.05) is 17.7 Å². The Bertz CT molecular complexity index is 1300. The highest BCUT2D eigenvalue weighted by molar-refractivity contribution is 7.92. The van der Waals surface area contributed by atoms with E-state index in [0.29, 0.717) is 16.3 Å². The molecule has 1 aliphatic rings. The number of anilines is 2. The quantitative estimate of drug-likeness (QED) is 0.290. The van der Waals surface area contributed by atoms with Crippen molar-refractivity contribution in [1.29, 1.82) is 0 Å². The number of nitrogens with one attached hydrogen (secondary N) is 1. The maximum Gasteiger partial charge on any atom is 0.233 e. The van der Waals surface area contributed by atoms with E-state index in [1.807, 2.05) is 0 Å². The van der Waals surface area contributed by atoms with Crippen molar-refractivity contribution >= 4 is 50.4 Å². The van der Waals surface area contributed by atoms with Crippen LogP contribution in [-0.4, -0.2) is 63.5 Å². The Morgan fingerprint density at radius 2 is 2.12 bits per heavy atom. The van der Waals surface area contributed by atoms with Crippen LogP contribution < -0.4 is 16.2 Å². The van der Waals surface area contributed by atoms with Gasteiger partial charge in [-0.05, 0) is 23.8 Å². The summed E-state index contributed by atoms with van der Waals surface area (Å²) in [6, 6.07) is 4.67. The lowest BCUT2D eigenvalue weighted by Crippen LogP contribution is -2.48. The zero-order chi connectivity index (χ0) is 23.1. The van der Waals surface area contributed by atoms with Crippen LogP contribution in [0, 0.1) is 0 Å². The van der Waals surface area contributed by atoms with Crippen LogP contribution in [0.1, 0.15) is 5.56 Å². The Hall–Kier alpha value is -2.81. The summed E-state index contributed by atoms with van der Waals surface area (Å²) in [4.78, 5) is 11.9. The number of aliphatic hydroxyl groups excluding tert-OH is 1. The van der Waals surface area contributed by atoms with E-state index in [1.165, 1.54) is 29.4 Å². The normalized spacial score (nSPS) is 24.0. The van der Waals surface area contributed by atoms with Crippen LogP contribution in [0.3, 0.4) is 0 Å². The maximum absolute atomic E-state index is 12.3. The lowest BCUT2D eigenvalue weighted by atomic mass is 10.1. The molecule has 0 amide bonds. The number of sulfonamides is 1. The van der Waals surface area contributed by atoms with E-state index in [9.17, 15) is 18.6 Å². The lowest BCUT2D eigenvalue weighted by molar-refractivity contribution is -0.107. The fourth-order valence-corrected chi connectivity index (χ4v) is 4.33. The lowest BCUT2D eigenvalue weighted by Gasteiger charge is -2.27. The van der Waals surface area contributed by atoms with E-state index in [1.54, 1.807) is 12.1 Å². The summed E-state index contributed by atoms with van der Waals surface area (Å²) in [5, 5.41) is 23.1. The molecule has 0 aliphatic carbocycles. The van der Waals surface area contributed by atoms with E-state index in [-0.39, 0.29) is 30.1 Å². The van der Waals surface area contributed by atoms with E-state index < -0.39 is 28.0 Å². The van der Waals surface area contributed by atoms with E-state index in [0.717, 1.165) is 5.41 Å². The molecule has 2 aromatic heterocycles. The molecule has 3 aromatic rings. The summed E-state index contributed by atoms with van der Waals surface area (Å²) >= 11 is 5.83. The Labute approximate surface area is 187 Å². The summed E-state index contributed by atoms with van der Waals surface area (Å²) in [5.41, 5.74) is 10.9. The molecular formula is C18H20ClN7O5S. The minimum Gasteiger partial charge on any atom is -0.398 e. The highest BCUT2D eigenvalue weighted by atomic mass is 35.5. The van der Waals surface area contributed by atoms with Gasteiger partial charge < -0.3 is 26.4 Å². The first-order valence-electron chi connectivity index (χ1n) is 9.29. The van der Waals surface area contributed by atoms with Crippen molar-refractivity contribution in [3.8, 4) is 0 Å². The number of nitrogens with two attached hydrogens (primary N) is 2. The van der Waals surface area contributed by atoms with Crippen LogP contribution in [0.5, 0.6) is 0 Å². The third-order valence-electron chi connectivity index (χ3n) is 5.08. The molecule has 1 aromatic carbocycles. The molecular weight excluding hydrogens is 462 g/mol. The third-order valence-corrected chi connectivity index (χ3v) is 6.37. The predicted molar refractivity (Wildman–Crippen MR) is 117 cm³/mol. The zero-order valence-electron chi connectivity index (χ0n) is 16.5. The number of aliphatic hydroxyl groups is 2. The first kappa shape index (κ1) is 22.4. The number of aromatic nitrogens is 4. The van der Waals surface area contributed by atoms with E-state index in [4.69, 9.17) is 27.8 Å². The molecule has 170 valence electrons. The third kappa shape index (κ3) is 4.13. The molecule has 32 heavy (non-hydrogen) atoms. The number of imidazole rings is 1. The van der Waals surface area contributed by atoms with Gasteiger partial charge in [0, 0.05) is 22.7 Å². The number of nitrogen functional groups attached to an aromatic ring is 2. The van der Waals surface area contributed by atoms with Gasteiger partial charge in [0.15, 0.2) is 17.2 Å². The van der Waals surface area contributed by atoms with Crippen molar-refractivity contribution in [2.24, 2.45) is 0 Å². The number of fused-ring (bicyclic) bond motifs is 1. The van der Waals surface area contributed by atoms with Crippen LogP contribution in [0.25, 0.3) is 17.2 Å². The Morgan fingerprint density at radius 3 is 2.88 bits per heavy atom. The van der Waals surface area contributed by atoms with Crippen molar-refractivity contribution in [3.63, 3.8) is 0 Å². The molecule has 3 atom stereocenters. The van der Waals surface area contributed by atoms with Crippen LogP contribution in [0.4, 0.5) is 11.5 Å². The van der Waals surface area contributed by atoms with E-state index in [2.05, 4.69) is 19.7 Å². The molecule has 0 saturated carbocycles. The Kier molecular flexibility index (Phi) is 5.79. The van der Waals surface area contributed by atoms with Crippen molar-refractivity contribution in [2.75, 3.05) is 24.6 Å². The second kappa shape index (κ2) is 8.27. The average Bonchev–Trinajstić information content (AvgIpc) is 3.30. The SMILES string of the molecule is Nc1cc(Cl)ccc1/C=C/S(=O)(=O)NC[C@H]1OC[C@](O)(n2cnc3c(N)ncnc32)[C@@H]1O. The van der Waals surface area contributed by atoms with E-state index >= 15 is 0 Å². The summed E-state index contributed by atoms with van der Waals surface area (Å²) in [6.07, 6.45) is 1.24. The fraction of sp³-hybridized carbons (Fsp3) is 0.278. The molecule has 0 radical (unpaired) electrons. The molecule has 14 heteroatoms. The van der Waals surface area contributed by atoms with Gasteiger partial charge in [-0.15, -0.1) is 0 Å². The highest BCUT2D eigenvalue weighted by Gasteiger charge is 2.50. The standard InChI is InChI=1S/C18H20ClN7O5S/c19-11-2-1-10(12(20)5-11)3-4-32(29,30)25-6-13-15(27)18(28,7-31-13)26-9-24-14-16(21)22-8-23-17(14)26/h1-5,8-9,13,15,25,27-28H,6-7,20H2,(H2,21,22,23)/b4-3+/t13-,15-,18-/m1/s1. The van der Waals surface area contributed by atoms with Crippen LogP contribution >= 0.6 is 11.6 Å². The van der Waals surface area contributed by atoms with Gasteiger partial charge in [-0.3, -0.25) is 4.57 Å². The molecule has 12 nitrogen and oxygen atoms in total. The molecule has 0 unspecified atom stereocenters. The first-order valence-corrected chi connectivity index (χ1v) is 11.2. The molecule has 1 saturated heterocycles. The van der Waals surface area contributed by atoms with Crippen molar-refractivity contribution < 1.29 is 23.4 Å². The topological polar surface area (TPSA) is 191 Å². The number of hydrogen-bond donors (Lipinski definition) is 5. The zero-order valence-corrected chi connectivity index (χ0v) is 18.0. The number of nitrogens with zero attached hydrogens (tertiary/aromatic N) is 4. The smallest absolute Gasteiger partial charge is 0.233 e. The maximum atomic E-state index is 12.3. The number of halogens is 1. The molecule has 0 spiro atoms. The van der Waals surface area contributed by atoms with Crippen molar-refractivity contribution in [2.45, 2.75) is 17.9 Å². The summed E-state index contributed by atoms with van der Waals surface area (Å²) in [6.45, 7) is -0.622. The second-order valence-corrected chi connectivity index (χ2v) is 9.28. The predicted octanol–water partition coefficient (Wildman–Crippen LogP) is -0.361. The Balaban J connectivity index is 1.46. The van der Waals surface area contributed by atoms with Gasteiger partial charge in [0.2, 0.25) is 10.0 Å². The number of hydrogen-bond acceptors (Lipinski definition) is 10. The van der Waals surface area contributed by atoms with Gasteiger partial charge >= 0.3 is 0 Å². The average molecular weight is 482 g/mol. The van der Waals surface area contributed by atoms with Crippen LogP contribution in [-0.2, 0) is 20.5 Å². The summed E-state index contributed by atoms with van der Waals surface area (Å²) in [5.74, 6) is 0.114. The summed E-state index contributed by atoms with van der Waals surface area (Å²) < 4.78 is 33.7. The van der Waals surface area contributed by atoms with Gasteiger partial charge in [0.1, 0.15) is 24.1 Å². The first-order chi connectivity index (χ1) is 15.1. The molecule has 1 fully saturated rings. The monoisotopic (exact) mass is 481 g/mol. The van der Waals surface area contributed by atoms with Gasteiger partial charge in [0.05, 0.1) is 12.9 Å². The van der Waals surface area contributed by atoms with Crippen molar-refractivity contribution in [3.05, 3.63) is 46.8 Å². The molecule has 4 rings (SSSR count). The fourth-order valence-electron chi connectivity index (χ4n) is 3.33. The molecule has 7 N–H and O–H groups in total. The van der Waals surface area contributed by atoms with Crippen LogP contribution in [0.2, 0.25) is 5.02 Å². The van der Waals surface area contributed by atoms with Crippen LogP contribution in [0.15, 0.2) is 36.3 Å². The highest BCUT2D eigenvalue weighted by Crippen LogP contribution is 2.32. The van der Waals surface area contributed by atoms with Crippen molar-refractivity contribution in [1.82, 2.24) is 24.2 Å². The molecule has 1 aliphatic heterocycles. The molecule has 3 heterocycles. The van der Waals surface area contributed by atoms with Gasteiger partial charge in [0.25, 0.3) is 0 Å². The second-order valence-electron chi connectivity index (χ2n) is 7.19. The Morgan fingerprint density at radius 1 is 1.34 bits per heavy atom. The number of benzene rings is 1. The molecule has 0 bridgehead atoms. The van der Waals surface area contributed by atoms with Gasteiger partial charge in [-0.2, -0.15) is 0 Å².